The molecule has 0 aliphatic carbocycles. The molecule has 2 rings (SSSR count). The molecule has 4 heteroatoms. The zero-order valence-electron chi connectivity index (χ0n) is 9.68. The number of nitrogens with two attached hydrogens (primary N) is 1. The number of aromatic nitrogens is 2. The van der Waals surface area contributed by atoms with Gasteiger partial charge in [0, 0.05) is 23.9 Å². The summed E-state index contributed by atoms with van der Waals surface area (Å²) in [6.07, 6.45) is 6.59. The van der Waals surface area contributed by atoms with Crippen LogP contribution in [0.1, 0.15) is 36.3 Å². The lowest BCUT2D eigenvalue weighted by atomic mass is 10.1. The third kappa shape index (κ3) is 2.17. The van der Waals surface area contributed by atoms with Gasteiger partial charge in [0.25, 0.3) is 0 Å². The topological polar surface area (TPSA) is 57.0 Å². The monoisotopic (exact) mass is 219 g/mol. The van der Waals surface area contributed by atoms with Crippen LogP contribution >= 0.6 is 0 Å². The van der Waals surface area contributed by atoms with E-state index >= 15 is 0 Å². The molecule has 0 bridgehead atoms. The van der Waals surface area contributed by atoms with Gasteiger partial charge in [0.15, 0.2) is 0 Å². The molecule has 0 aliphatic rings. The molecule has 86 valence electrons. The molecule has 0 spiro atoms. The van der Waals surface area contributed by atoms with Crippen LogP contribution < -0.4 is 5.73 Å². The van der Waals surface area contributed by atoms with Gasteiger partial charge < -0.3 is 10.2 Å². The van der Waals surface area contributed by atoms with Gasteiger partial charge in [-0.15, -0.1) is 0 Å². The van der Waals surface area contributed by atoms with Crippen molar-refractivity contribution in [3.8, 4) is 0 Å². The number of aryl methyl sites for hydroxylation is 2. The molecule has 2 aromatic rings. The van der Waals surface area contributed by atoms with Gasteiger partial charge >= 0.3 is 0 Å². The lowest BCUT2D eigenvalue weighted by Gasteiger charge is -2.05. The van der Waals surface area contributed by atoms with Crippen molar-refractivity contribution >= 4 is 0 Å². The van der Waals surface area contributed by atoms with E-state index in [-0.39, 0.29) is 6.04 Å². The normalized spacial score (nSPS) is 12.9. The van der Waals surface area contributed by atoms with E-state index in [9.17, 15) is 0 Å². The summed E-state index contributed by atoms with van der Waals surface area (Å²) < 4.78 is 7.17. The van der Waals surface area contributed by atoms with E-state index in [1.807, 2.05) is 30.1 Å². The van der Waals surface area contributed by atoms with E-state index in [0.29, 0.717) is 0 Å². The third-order valence-corrected chi connectivity index (χ3v) is 2.57. The second-order valence-electron chi connectivity index (χ2n) is 4.01. The molecule has 1 unspecified atom stereocenters. The zero-order chi connectivity index (χ0) is 11.5. The Bertz CT molecular complexity index is 458. The van der Waals surface area contributed by atoms with E-state index in [2.05, 4.69) is 12.0 Å². The number of nitrogens with zero attached hydrogens (tertiary/aromatic N) is 2. The van der Waals surface area contributed by atoms with Crippen LogP contribution in [0.4, 0.5) is 0 Å². The fraction of sp³-hybridized carbons (Fsp3) is 0.417. The van der Waals surface area contributed by atoms with Gasteiger partial charge in [0.05, 0.1) is 18.5 Å². The highest BCUT2D eigenvalue weighted by molar-refractivity contribution is 5.26. The van der Waals surface area contributed by atoms with Crippen molar-refractivity contribution in [2.75, 3.05) is 0 Å². The molecule has 2 aromatic heterocycles. The Balaban J connectivity index is 2.17. The van der Waals surface area contributed by atoms with Crippen LogP contribution in [-0.2, 0) is 6.54 Å². The fourth-order valence-electron chi connectivity index (χ4n) is 1.71. The van der Waals surface area contributed by atoms with Crippen molar-refractivity contribution in [1.82, 2.24) is 9.78 Å². The molecule has 0 radical (unpaired) electrons. The van der Waals surface area contributed by atoms with Crippen LogP contribution in [0.15, 0.2) is 29.1 Å². The maximum absolute atomic E-state index is 6.13. The predicted octanol–water partition coefficient (Wildman–Crippen LogP) is 2.24. The van der Waals surface area contributed by atoms with Crippen LogP contribution in [0.5, 0.6) is 0 Å². The maximum atomic E-state index is 6.13. The van der Waals surface area contributed by atoms with Crippen LogP contribution in [0.3, 0.4) is 0 Å². The summed E-state index contributed by atoms with van der Waals surface area (Å²) >= 11 is 0. The van der Waals surface area contributed by atoms with Gasteiger partial charge in [-0.3, -0.25) is 4.68 Å². The summed E-state index contributed by atoms with van der Waals surface area (Å²) in [7, 11) is 0. The SMILES string of the molecule is CCCn1cc(C(N)c2coc(C)c2)cn1. The maximum Gasteiger partial charge on any atom is 0.101 e. The first kappa shape index (κ1) is 11.0. The molecule has 0 aromatic carbocycles. The van der Waals surface area contributed by atoms with E-state index in [4.69, 9.17) is 10.2 Å². The predicted molar refractivity (Wildman–Crippen MR) is 62.0 cm³/mol. The quantitative estimate of drug-likeness (QED) is 0.858. The van der Waals surface area contributed by atoms with Gasteiger partial charge in [-0.2, -0.15) is 5.10 Å². The molecule has 2 heterocycles. The second kappa shape index (κ2) is 4.53. The number of hydrogen-bond acceptors (Lipinski definition) is 3. The van der Waals surface area contributed by atoms with Crippen molar-refractivity contribution in [2.24, 2.45) is 5.73 Å². The van der Waals surface area contributed by atoms with Crippen molar-refractivity contribution in [3.63, 3.8) is 0 Å². The van der Waals surface area contributed by atoms with Gasteiger partial charge in [-0.25, -0.2) is 0 Å². The summed E-state index contributed by atoms with van der Waals surface area (Å²) in [5, 5.41) is 4.27. The second-order valence-corrected chi connectivity index (χ2v) is 4.01. The average molecular weight is 219 g/mol. The van der Waals surface area contributed by atoms with E-state index < -0.39 is 0 Å². The molecular weight excluding hydrogens is 202 g/mol. The minimum Gasteiger partial charge on any atom is -0.469 e. The summed E-state index contributed by atoms with van der Waals surface area (Å²) in [6, 6.07) is 1.81. The van der Waals surface area contributed by atoms with Gasteiger partial charge in [0.1, 0.15) is 5.76 Å². The molecular formula is C12H17N3O. The fourth-order valence-corrected chi connectivity index (χ4v) is 1.71. The lowest BCUT2D eigenvalue weighted by Crippen LogP contribution is -2.10. The zero-order valence-corrected chi connectivity index (χ0v) is 9.68. The minimum atomic E-state index is -0.150. The molecule has 0 aliphatic heterocycles. The minimum absolute atomic E-state index is 0.150. The van der Waals surface area contributed by atoms with Crippen LogP contribution in [0, 0.1) is 6.92 Å². The van der Waals surface area contributed by atoms with Gasteiger partial charge in [-0.05, 0) is 19.4 Å². The van der Waals surface area contributed by atoms with E-state index in [1.165, 1.54) is 0 Å². The van der Waals surface area contributed by atoms with Crippen LogP contribution in [0.25, 0.3) is 0 Å². The smallest absolute Gasteiger partial charge is 0.101 e. The third-order valence-electron chi connectivity index (χ3n) is 2.57. The summed E-state index contributed by atoms with van der Waals surface area (Å²) in [6.45, 7) is 4.97. The van der Waals surface area contributed by atoms with Crippen molar-refractivity contribution in [1.29, 1.82) is 0 Å². The lowest BCUT2D eigenvalue weighted by molar-refractivity contribution is 0.530. The summed E-state index contributed by atoms with van der Waals surface area (Å²) in [4.78, 5) is 0. The summed E-state index contributed by atoms with van der Waals surface area (Å²) in [5.41, 5.74) is 8.14. The van der Waals surface area contributed by atoms with Gasteiger partial charge in [-0.1, -0.05) is 6.92 Å². The van der Waals surface area contributed by atoms with Gasteiger partial charge in [0.2, 0.25) is 0 Å². The Morgan fingerprint density at radius 2 is 2.31 bits per heavy atom. The Morgan fingerprint density at radius 3 is 2.94 bits per heavy atom. The first-order chi connectivity index (χ1) is 7.70. The van der Waals surface area contributed by atoms with Crippen LogP contribution in [0.2, 0.25) is 0 Å². The first-order valence-electron chi connectivity index (χ1n) is 5.53. The highest BCUT2D eigenvalue weighted by Gasteiger charge is 2.13. The molecule has 4 nitrogen and oxygen atoms in total. The van der Waals surface area contributed by atoms with E-state index in [1.54, 1.807) is 6.26 Å². The average Bonchev–Trinajstić information content (AvgIpc) is 2.87. The van der Waals surface area contributed by atoms with Crippen LogP contribution in [-0.4, -0.2) is 9.78 Å². The largest absolute Gasteiger partial charge is 0.469 e. The number of rotatable bonds is 4. The highest BCUT2D eigenvalue weighted by Crippen LogP contribution is 2.20. The van der Waals surface area contributed by atoms with Crippen molar-refractivity contribution < 1.29 is 4.42 Å². The molecule has 0 fully saturated rings. The number of hydrogen-bond donors (Lipinski definition) is 1. The van der Waals surface area contributed by atoms with E-state index in [0.717, 1.165) is 29.9 Å². The molecule has 0 saturated carbocycles. The Morgan fingerprint density at radius 1 is 1.50 bits per heavy atom. The van der Waals surface area contributed by atoms with Crippen molar-refractivity contribution in [3.05, 3.63) is 41.6 Å². The first-order valence-corrected chi connectivity index (χ1v) is 5.53. The summed E-state index contributed by atoms with van der Waals surface area (Å²) in [5.74, 6) is 0.881. The molecule has 0 saturated heterocycles. The molecule has 0 amide bonds. The standard InChI is InChI=1S/C12H17N3O/c1-3-4-15-7-11(6-14-15)12(13)10-5-9(2)16-8-10/h5-8,12H,3-4,13H2,1-2H3. The Kier molecular flexibility index (Phi) is 3.10. The Labute approximate surface area is 95.1 Å². The molecule has 16 heavy (non-hydrogen) atoms. The highest BCUT2D eigenvalue weighted by atomic mass is 16.3. The Hall–Kier alpha value is -1.55. The molecule has 1 atom stereocenters. The van der Waals surface area contributed by atoms with Crippen molar-refractivity contribution in [2.45, 2.75) is 32.9 Å². The molecule has 2 N–H and O–H groups in total. The number of furan rings is 1.